The van der Waals surface area contributed by atoms with E-state index in [-0.39, 0.29) is 4.90 Å². The Morgan fingerprint density at radius 1 is 1.20 bits per heavy atom. The quantitative estimate of drug-likeness (QED) is 0.944. The highest BCUT2D eigenvalue weighted by molar-refractivity contribution is 7.89. The molecule has 1 atom stereocenters. The minimum Gasteiger partial charge on any atom is -0.260 e. The standard InChI is InChI=1S/C14H15ClN2O2S/c1-10-12(15)6-5-8-14(10)20(18,19)17-11(2)13-7-3-4-9-16-13/h3-9,11,17H,1-2H3/t11-/m1/s1. The first-order valence-electron chi connectivity index (χ1n) is 6.10. The lowest BCUT2D eigenvalue weighted by Gasteiger charge is -2.15. The Morgan fingerprint density at radius 3 is 2.60 bits per heavy atom. The SMILES string of the molecule is Cc1c(Cl)cccc1S(=O)(=O)N[C@H](C)c1ccccn1. The summed E-state index contributed by atoms with van der Waals surface area (Å²) in [5, 5.41) is 0.429. The third-order valence-electron chi connectivity index (χ3n) is 2.97. The van der Waals surface area contributed by atoms with Crippen molar-refractivity contribution in [2.75, 3.05) is 0 Å². The molecule has 0 saturated heterocycles. The Hall–Kier alpha value is -1.43. The van der Waals surface area contributed by atoms with Crippen molar-refractivity contribution in [3.8, 4) is 0 Å². The number of hydrogen-bond donors (Lipinski definition) is 1. The van der Waals surface area contributed by atoms with Crippen molar-refractivity contribution < 1.29 is 8.42 Å². The van der Waals surface area contributed by atoms with Gasteiger partial charge in [-0.2, -0.15) is 0 Å². The molecule has 106 valence electrons. The maximum atomic E-state index is 12.4. The van der Waals surface area contributed by atoms with Gasteiger partial charge in [-0.25, -0.2) is 13.1 Å². The van der Waals surface area contributed by atoms with Gasteiger partial charge in [0.25, 0.3) is 0 Å². The van der Waals surface area contributed by atoms with Crippen molar-refractivity contribution in [1.29, 1.82) is 0 Å². The van der Waals surface area contributed by atoms with Crippen LogP contribution in [-0.4, -0.2) is 13.4 Å². The average molecular weight is 311 g/mol. The van der Waals surface area contributed by atoms with Crippen molar-refractivity contribution in [1.82, 2.24) is 9.71 Å². The molecule has 0 radical (unpaired) electrons. The van der Waals surface area contributed by atoms with Crippen LogP contribution in [0, 0.1) is 6.92 Å². The molecule has 0 saturated carbocycles. The molecule has 6 heteroatoms. The fourth-order valence-corrected chi connectivity index (χ4v) is 3.58. The van der Waals surface area contributed by atoms with Gasteiger partial charge in [0, 0.05) is 11.2 Å². The van der Waals surface area contributed by atoms with E-state index in [1.165, 1.54) is 6.07 Å². The first kappa shape index (κ1) is 15.0. The van der Waals surface area contributed by atoms with Crippen LogP contribution < -0.4 is 4.72 Å². The Bertz CT molecular complexity index is 702. The van der Waals surface area contributed by atoms with Crippen LogP contribution in [-0.2, 0) is 10.0 Å². The predicted molar refractivity (Wildman–Crippen MR) is 79.2 cm³/mol. The second kappa shape index (κ2) is 5.91. The van der Waals surface area contributed by atoms with Crippen LogP contribution in [0.4, 0.5) is 0 Å². The minimum atomic E-state index is -3.64. The van der Waals surface area contributed by atoms with E-state index >= 15 is 0 Å². The van der Waals surface area contributed by atoms with Gasteiger partial charge in [0.2, 0.25) is 10.0 Å². The zero-order chi connectivity index (χ0) is 14.8. The van der Waals surface area contributed by atoms with Gasteiger partial charge < -0.3 is 0 Å². The Balaban J connectivity index is 2.30. The van der Waals surface area contributed by atoms with Crippen molar-refractivity contribution in [2.24, 2.45) is 0 Å². The molecular weight excluding hydrogens is 296 g/mol. The summed E-state index contributed by atoms with van der Waals surface area (Å²) in [5.74, 6) is 0. The second-order valence-corrected chi connectivity index (χ2v) is 6.55. The normalized spacial score (nSPS) is 13.2. The van der Waals surface area contributed by atoms with Gasteiger partial charge in [-0.3, -0.25) is 4.98 Å². The summed E-state index contributed by atoms with van der Waals surface area (Å²) in [6, 6.07) is 9.78. The molecular formula is C14H15ClN2O2S. The van der Waals surface area contributed by atoms with E-state index in [9.17, 15) is 8.42 Å². The van der Waals surface area contributed by atoms with Crippen molar-refractivity contribution in [3.05, 3.63) is 58.9 Å². The van der Waals surface area contributed by atoms with E-state index in [0.717, 1.165) is 0 Å². The number of benzene rings is 1. The van der Waals surface area contributed by atoms with Crippen molar-refractivity contribution in [2.45, 2.75) is 24.8 Å². The molecule has 0 aliphatic heterocycles. The Labute approximate surface area is 123 Å². The van der Waals surface area contributed by atoms with Crippen LogP contribution in [0.1, 0.15) is 24.2 Å². The summed E-state index contributed by atoms with van der Waals surface area (Å²) in [6.45, 7) is 3.43. The number of nitrogens with zero attached hydrogens (tertiary/aromatic N) is 1. The first-order valence-corrected chi connectivity index (χ1v) is 7.96. The fourth-order valence-electron chi connectivity index (χ4n) is 1.87. The number of rotatable bonds is 4. The summed E-state index contributed by atoms with van der Waals surface area (Å²) in [6.07, 6.45) is 1.63. The molecule has 1 aromatic heterocycles. The molecule has 0 aliphatic rings. The lowest BCUT2D eigenvalue weighted by molar-refractivity contribution is 0.563. The number of hydrogen-bond acceptors (Lipinski definition) is 3. The molecule has 1 N–H and O–H groups in total. The van der Waals surface area contributed by atoms with Gasteiger partial charge in [-0.15, -0.1) is 0 Å². The molecule has 2 aromatic rings. The first-order chi connectivity index (χ1) is 9.42. The summed E-state index contributed by atoms with van der Waals surface area (Å²) in [4.78, 5) is 4.33. The van der Waals surface area contributed by atoms with Crippen LogP contribution in [0.25, 0.3) is 0 Å². The van der Waals surface area contributed by atoms with Gasteiger partial charge in [0.1, 0.15) is 0 Å². The van der Waals surface area contributed by atoms with Crippen molar-refractivity contribution in [3.63, 3.8) is 0 Å². The molecule has 0 amide bonds. The van der Waals surface area contributed by atoms with Gasteiger partial charge in [0.05, 0.1) is 16.6 Å². The maximum absolute atomic E-state index is 12.4. The van der Waals surface area contributed by atoms with E-state index in [4.69, 9.17) is 11.6 Å². The molecule has 0 fully saturated rings. The van der Waals surface area contributed by atoms with Crippen LogP contribution in [0.3, 0.4) is 0 Å². The third kappa shape index (κ3) is 3.17. The van der Waals surface area contributed by atoms with Crippen LogP contribution in [0.15, 0.2) is 47.5 Å². The maximum Gasteiger partial charge on any atom is 0.241 e. The summed E-state index contributed by atoms with van der Waals surface area (Å²) < 4.78 is 27.4. The van der Waals surface area contributed by atoms with E-state index in [2.05, 4.69) is 9.71 Å². The van der Waals surface area contributed by atoms with Crippen LogP contribution in [0.5, 0.6) is 0 Å². The Morgan fingerprint density at radius 2 is 1.95 bits per heavy atom. The largest absolute Gasteiger partial charge is 0.260 e. The topological polar surface area (TPSA) is 59.1 Å². The van der Waals surface area contributed by atoms with E-state index in [1.54, 1.807) is 44.3 Å². The van der Waals surface area contributed by atoms with Gasteiger partial charge in [-0.1, -0.05) is 23.7 Å². The van der Waals surface area contributed by atoms with Gasteiger partial charge in [-0.05, 0) is 43.7 Å². The number of sulfonamides is 1. The number of aromatic nitrogens is 1. The third-order valence-corrected chi connectivity index (χ3v) is 5.07. The van der Waals surface area contributed by atoms with E-state index in [0.29, 0.717) is 16.3 Å². The summed E-state index contributed by atoms with van der Waals surface area (Å²) in [5.41, 5.74) is 1.20. The number of halogens is 1. The zero-order valence-electron chi connectivity index (χ0n) is 11.2. The average Bonchev–Trinajstić information content (AvgIpc) is 2.42. The van der Waals surface area contributed by atoms with Gasteiger partial charge in [0.15, 0.2) is 0 Å². The van der Waals surface area contributed by atoms with E-state index in [1.807, 2.05) is 6.07 Å². The monoisotopic (exact) mass is 310 g/mol. The van der Waals surface area contributed by atoms with E-state index < -0.39 is 16.1 Å². The highest BCUT2D eigenvalue weighted by atomic mass is 35.5. The summed E-state index contributed by atoms with van der Waals surface area (Å²) >= 11 is 5.97. The zero-order valence-corrected chi connectivity index (χ0v) is 12.7. The smallest absolute Gasteiger partial charge is 0.241 e. The lowest BCUT2D eigenvalue weighted by Crippen LogP contribution is -2.28. The molecule has 0 unspecified atom stereocenters. The summed E-state index contributed by atoms with van der Waals surface area (Å²) in [7, 11) is -3.64. The highest BCUT2D eigenvalue weighted by Gasteiger charge is 2.21. The molecule has 1 aromatic carbocycles. The second-order valence-electron chi connectivity index (χ2n) is 4.46. The Kier molecular flexibility index (Phi) is 4.42. The minimum absolute atomic E-state index is 0.188. The van der Waals surface area contributed by atoms with Gasteiger partial charge >= 0.3 is 0 Å². The van der Waals surface area contributed by atoms with Crippen LogP contribution >= 0.6 is 11.6 Å². The molecule has 0 spiro atoms. The van der Waals surface area contributed by atoms with Crippen molar-refractivity contribution >= 4 is 21.6 Å². The van der Waals surface area contributed by atoms with Crippen LogP contribution in [0.2, 0.25) is 5.02 Å². The molecule has 1 heterocycles. The molecule has 20 heavy (non-hydrogen) atoms. The predicted octanol–water partition coefficient (Wildman–Crippen LogP) is 3.08. The molecule has 0 bridgehead atoms. The highest BCUT2D eigenvalue weighted by Crippen LogP contribution is 2.24. The number of nitrogens with one attached hydrogen (secondary N) is 1. The molecule has 4 nitrogen and oxygen atoms in total. The lowest BCUT2D eigenvalue weighted by atomic mass is 10.2. The fraction of sp³-hybridized carbons (Fsp3) is 0.214. The number of pyridine rings is 1. The molecule has 0 aliphatic carbocycles. The molecule has 2 rings (SSSR count).